The van der Waals surface area contributed by atoms with Crippen LogP contribution in [-0.4, -0.2) is 60.3 Å². The number of ether oxygens (including phenoxy) is 2. The molecule has 144 valence electrons. The zero-order chi connectivity index (χ0) is 19.4. The molecule has 1 fully saturated rings. The highest BCUT2D eigenvalue weighted by atomic mass is 35.5. The molecular weight excluding hydrogens is 388 g/mol. The van der Waals surface area contributed by atoms with E-state index in [9.17, 15) is 4.79 Å². The lowest BCUT2D eigenvalue weighted by Crippen LogP contribution is -2.48. The summed E-state index contributed by atoms with van der Waals surface area (Å²) >= 11 is 7.71. The molecule has 2 aromatic rings. The van der Waals surface area contributed by atoms with Gasteiger partial charge < -0.3 is 19.3 Å². The van der Waals surface area contributed by atoms with E-state index < -0.39 is 0 Å². The van der Waals surface area contributed by atoms with Gasteiger partial charge in [0.25, 0.3) is 0 Å². The second-order valence-electron chi connectivity index (χ2n) is 5.94. The van der Waals surface area contributed by atoms with Gasteiger partial charge in [0.1, 0.15) is 17.3 Å². The van der Waals surface area contributed by atoms with Crippen molar-refractivity contribution in [3.8, 4) is 17.4 Å². The largest absolute Gasteiger partial charge is 0.497 e. The normalized spacial score (nSPS) is 14.2. The molecule has 9 heteroatoms. The van der Waals surface area contributed by atoms with Gasteiger partial charge in [-0.15, -0.1) is 0 Å². The van der Waals surface area contributed by atoms with Crippen LogP contribution in [0.4, 0.5) is 5.82 Å². The lowest BCUT2D eigenvalue weighted by Gasteiger charge is -2.35. The summed E-state index contributed by atoms with van der Waals surface area (Å²) < 4.78 is 11.1. The van der Waals surface area contributed by atoms with Gasteiger partial charge in [0, 0.05) is 45.2 Å². The van der Waals surface area contributed by atoms with Crippen LogP contribution in [0.1, 0.15) is 6.92 Å². The van der Waals surface area contributed by atoms with Crippen molar-refractivity contribution in [3.05, 3.63) is 29.3 Å². The quantitative estimate of drug-likeness (QED) is 0.555. The fraction of sp³-hybridized carbons (Fsp3) is 0.389. The number of carbonyl (C=O) groups excluding carboxylic acids is 1. The molecule has 27 heavy (non-hydrogen) atoms. The monoisotopic (exact) mass is 408 g/mol. The Hall–Kier alpha value is -2.19. The van der Waals surface area contributed by atoms with Crippen molar-refractivity contribution >= 4 is 35.1 Å². The molecule has 1 aromatic heterocycles. The molecule has 1 amide bonds. The number of piperazine rings is 1. The highest BCUT2D eigenvalue weighted by Crippen LogP contribution is 2.33. The van der Waals surface area contributed by atoms with Crippen LogP contribution in [-0.2, 0) is 4.79 Å². The van der Waals surface area contributed by atoms with Gasteiger partial charge in [0.2, 0.25) is 11.8 Å². The molecular formula is C18H21ClN4O3S. The molecule has 0 saturated carbocycles. The van der Waals surface area contributed by atoms with Gasteiger partial charge in [0.05, 0.1) is 12.1 Å². The molecule has 1 aliphatic heterocycles. The smallest absolute Gasteiger partial charge is 0.225 e. The number of rotatable bonds is 5. The highest BCUT2D eigenvalue weighted by Gasteiger charge is 2.21. The zero-order valence-corrected chi connectivity index (χ0v) is 17.0. The first-order valence-corrected chi connectivity index (χ1v) is 10.1. The average molecular weight is 409 g/mol. The second-order valence-corrected chi connectivity index (χ2v) is 7.12. The third-order valence-electron chi connectivity index (χ3n) is 4.25. The van der Waals surface area contributed by atoms with Crippen molar-refractivity contribution in [2.75, 3.05) is 44.4 Å². The number of carbonyl (C=O) groups is 1. The molecule has 1 saturated heterocycles. The third-order valence-corrected chi connectivity index (χ3v) is 5.10. The standard InChI is InChI=1S/C18H21ClN4O3S/c1-12(24)22-6-8-23(9-7-22)16-11-17(21-18(20-16)27-3)26-15-5-4-13(25-2)10-14(15)19/h4-5,10-11H,6-9H2,1-3H3. The highest BCUT2D eigenvalue weighted by molar-refractivity contribution is 7.98. The Morgan fingerprint density at radius 3 is 2.52 bits per heavy atom. The van der Waals surface area contributed by atoms with E-state index in [0.717, 1.165) is 5.82 Å². The lowest BCUT2D eigenvalue weighted by molar-refractivity contribution is -0.129. The first-order chi connectivity index (χ1) is 13.0. The maximum absolute atomic E-state index is 11.5. The van der Waals surface area contributed by atoms with Gasteiger partial charge in [-0.1, -0.05) is 23.4 Å². The fourth-order valence-corrected chi connectivity index (χ4v) is 3.33. The minimum absolute atomic E-state index is 0.0975. The molecule has 0 atom stereocenters. The van der Waals surface area contributed by atoms with E-state index in [-0.39, 0.29) is 5.91 Å². The summed E-state index contributed by atoms with van der Waals surface area (Å²) in [5.74, 6) is 2.45. The predicted octanol–water partition coefficient (Wildman–Crippen LogP) is 3.32. The molecule has 0 aliphatic carbocycles. The number of nitrogens with zero attached hydrogens (tertiary/aromatic N) is 4. The molecule has 1 aliphatic rings. The van der Waals surface area contributed by atoms with Crippen LogP contribution < -0.4 is 14.4 Å². The SMILES string of the molecule is COc1ccc(Oc2cc(N3CCN(C(C)=O)CC3)nc(SC)n2)c(Cl)c1. The Kier molecular flexibility index (Phi) is 6.28. The minimum atomic E-state index is 0.0975. The van der Waals surface area contributed by atoms with E-state index >= 15 is 0 Å². The topological polar surface area (TPSA) is 67.8 Å². The van der Waals surface area contributed by atoms with Crippen molar-refractivity contribution in [2.45, 2.75) is 12.1 Å². The molecule has 7 nitrogen and oxygen atoms in total. The minimum Gasteiger partial charge on any atom is -0.497 e. The van der Waals surface area contributed by atoms with Gasteiger partial charge in [-0.2, -0.15) is 4.98 Å². The Bertz CT molecular complexity index is 828. The first-order valence-electron chi connectivity index (χ1n) is 8.45. The number of halogens is 1. The molecule has 0 unspecified atom stereocenters. The number of aromatic nitrogens is 2. The maximum Gasteiger partial charge on any atom is 0.225 e. The van der Waals surface area contributed by atoms with Gasteiger partial charge in [0.15, 0.2) is 5.16 Å². The number of anilines is 1. The van der Waals surface area contributed by atoms with Crippen LogP contribution in [0.15, 0.2) is 29.4 Å². The summed E-state index contributed by atoms with van der Waals surface area (Å²) in [6.45, 7) is 4.37. The number of hydrogen-bond donors (Lipinski definition) is 0. The van der Waals surface area contributed by atoms with Crippen LogP contribution in [0.3, 0.4) is 0 Å². The van der Waals surface area contributed by atoms with E-state index in [4.69, 9.17) is 21.1 Å². The van der Waals surface area contributed by atoms with Crippen LogP contribution >= 0.6 is 23.4 Å². The molecule has 1 aromatic carbocycles. The number of benzene rings is 1. The predicted molar refractivity (Wildman–Crippen MR) is 106 cm³/mol. The molecule has 3 rings (SSSR count). The van der Waals surface area contributed by atoms with E-state index in [1.54, 1.807) is 38.3 Å². The Labute approximate surface area is 167 Å². The van der Waals surface area contributed by atoms with E-state index in [0.29, 0.717) is 53.7 Å². The fourth-order valence-electron chi connectivity index (χ4n) is 2.75. The number of hydrogen-bond acceptors (Lipinski definition) is 7. The second kappa shape index (κ2) is 8.67. The summed E-state index contributed by atoms with van der Waals surface area (Å²) in [4.78, 5) is 24.5. The number of methoxy groups -OCH3 is 1. The van der Waals surface area contributed by atoms with Crippen molar-refractivity contribution in [1.82, 2.24) is 14.9 Å². The van der Waals surface area contributed by atoms with Crippen LogP contribution in [0.2, 0.25) is 5.02 Å². The van der Waals surface area contributed by atoms with Gasteiger partial charge in [-0.25, -0.2) is 4.98 Å². The molecule has 0 bridgehead atoms. The van der Waals surface area contributed by atoms with Crippen molar-refractivity contribution in [2.24, 2.45) is 0 Å². The molecule has 0 radical (unpaired) electrons. The molecule has 0 spiro atoms. The summed E-state index contributed by atoms with van der Waals surface area (Å²) in [6.07, 6.45) is 1.91. The maximum atomic E-state index is 11.5. The van der Waals surface area contributed by atoms with Gasteiger partial charge in [-0.05, 0) is 18.4 Å². The van der Waals surface area contributed by atoms with E-state index in [1.165, 1.54) is 11.8 Å². The van der Waals surface area contributed by atoms with Crippen LogP contribution in [0.5, 0.6) is 17.4 Å². The summed E-state index contributed by atoms with van der Waals surface area (Å²) in [5, 5.41) is 1.05. The van der Waals surface area contributed by atoms with Crippen LogP contribution in [0.25, 0.3) is 0 Å². The summed E-state index contributed by atoms with van der Waals surface area (Å²) in [6, 6.07) is 7.01. The third kappa shape index (κ3) is 4.75. The van der Waals surface area contributed by atoms with E-state index in [1.807, 2.05) is 11.2 Å². The van der Waals surface area contributed by atoms with Crippen LogP contribution in [0, 0.1) is 0 Å². The Balaban J connectivity index is 1.81. The molecule has 2 heterocycles. The average Bonchev–Trinajstić information content (AvgIpc) is 2.69. The Morgan fingerprint density at radius 2 is 1.93 bits per heavy atom. The summed E-state index contributed by atoms with van der Waals surface area (Å²) in [7, 11) is 1.58. The zero-order valence-electron chi connectivity index (χ0n) is 15.4. The van der Waals surface area contributed by atoms with Crippen molar-refractivity contribution < 1.29 is 14.3 Å². The van der Waals surface area contributed by atoms with E-state index in [2.05, 4.69) is 14.9 Å². The van der Waals surface area contributed by atoms with Crippen molar-refractivity contribution in [3.63, 3.8) is 0 Å². The Morgan fingerprint density at radius 1 is 1.19 bits per heavy atom. The first kappa shape index (κ1) is 19.6. The number of amides is 1. The van der Waals surface area contributed by atoms with Gasteiger partial charge in [-0.3, -0.25) is 4.79 Å². The number of thioether (sulfide) groups is 1. The lowest BCUT2D eigenvalue weighted by atomic mass is 10.3. The summed E-state index contributed by atoms with van der Waals surface area (Å²) in [5.41, 5.74) is 0. The van der Waals surface area contributed by atoms with Gasteiger partial charge >= 0.3 is 0 Å². The van der Waals surface area contributed by atoms with Crippen molar-refractivity contribution in [1.29, 1.82) is 0 Å². The molecule has 0 N–H and O–H groups in total.